The van der Waals surface area contributed by atoms with Crippen LogP contribution in [0, 0.1) is 12.8 Å². The highest BCUT2D eigenvalue weighted by atomic mass is 15.2. The van der Waals surface area contributed by atoms with Gasteiger partial charge in [0, 0.05) is 29.2 Å². The normalized spacial score (nSPS) is 14.5. The summed E-state index contributed by atoms with van der Waals surface area (Å²) in [6.45, 7) is 6.24. The highest BCUT2D eigenvalue weighted by molar-refractivity contribution is 5.60. The second-order valence-corrected chi connectivity index (χ2v) is 7.06. The van der Waals surface area contributed by atoms with Crippen LogP contribution in [-0.4, -0.2) is 30.1 Å². The van der Waals surface area contributed by atoms with Gasteiger partial charge in [0.05, 0.1) is 6.04 Å². The van der Waals surface area contributed by atoms with Crippen molar-refractivity contribution in [1.29, 1.82) is 0 Å². The number of rotatable bonds is 5. The van der Waals surface area contributed by atoms with E-state index in [0.717, 1.165) is 53.8 Å². The molecule has 1 atom stereocenters. The molecule has 2 N–H and O–H groups in total. The Morgan fingerprint density at radius 1 is 1.08 bits per heavy atom. The standard InChI is InChI=1S/C19H23N7/c1-11(2)16(19-21-12(3)25-26-19)23-18-14-5-4-6-15(14)22-17(24-18)13-7-9-20-10-8-13/h7-11,16H,4-6H2,1-3H3,(H,21,25,26)(H,22,23,24). The lowest BCUT2D eigenvalue weighted by Crippen LogP contribution is -2.20. The molecule has 0 fully saturated rings. The number of pyridine rings is 1. The van der Waals surface area contributed by atoms with Crippen molar-refractivity contribution < 1.29 is 0 Å². The van der Waals surface area contributed by atoms with E-state index in [4.69, 9.17) is 9.97 Å². The molecule has 1 aliphatic rings. The van der Waals surface area contributed by atoms with Crippen LogP contribution in [0.5, 0.6) is 0 Å². The zero-order chi connectivity index (χ0) is 18.1. The second-order valence-electron chi connectivity index (χ2n) is 7.06. The SMILES string of the molecule is Cc1nc(C(Nc2nc(-c3ccncc3)nc3c2CCC3)C(C)C)n[nH]1. The summed E-state index contributed by atoms with van der Waals surface area (Å²) < 4.78 is 0. The summed E-state index contributed by atoms with van der Waals surface area (Å²) in [5, 5.41) is 10.9. The summed E-state index contributed by atoms with van der Waals surface area (Å²) in [6, 6.07) is 3.88. The number of fused-ring (bicyclic) bond motifs is 1. The summed E-state index contributed by atoms with van der Waals surface area (Å²) in [6.07, 6.45) is 6.66. The van der Waals surface area contributed by atoms with Crippen LogP contribution in [0.1, 0.15) is 49.2 Å². The van der Waals surface area contributed by atoms with Gasteiger partial charge in [0.15, 0.2) is 11.6 Å². The quantitative estimate of drug-likeness (QED) is 0.734. The number of hydrogen-bond acceptors (Lipinski definition) is 6. The number of aromatic nitrogens is 6. The summed E-state index contributed by atoms with van der Waals surface area (Å²) >= 11 is 0. The van der Waals surface area contributed by atoms with E-state index >= 15 is 0 Å². The number of hydrogen-bond donors (Lipinski definition) is 2. The van der Waals surface area contributed by atoms with Crippen molar-refractivity contribution in [2.45, 2.75) is 46.1 Å². The predicted octanol–water partition coefficient (Wildman–Crippen LogP) is 3.26. The van der Waals surface area contributed by atoms with Crippen LogP contribution >= 0.6 is 0 Å². The first-order valence-corrected chi connectivity index (χ1v) is 9.07. The van der Waals surface area contributed by atoms with Gasteiger partial charge < -0.3 is 5.32 Å². The van der Waals surface area contributed by atoms with E-state index in [2.05, 4.69) is 39.3 Å². The topological polar surface area (TPSA) is 92.3 Å². The fourth-order valence-electron chi connectivity index (χ4n) is 3.36. The maximum atomic E-state index is 4.85. The van der Waals surface area contributed by atoms with Crippen LogP contribution in [0.25, 0.3) is 11.4 Å². The minimum Gasteiger partial charge on any atom is -0.359 e. The third-order valence-electron chi connectivity index (χ3n) is 4.72. The van der Waals surface area contributed by atoms with Gasteiger partial charge in [-0.1, -0.05) is 13.8 Å². The third-order valence-corrected chi connectivity index (χ3v) is 4.72. The molecule has 1 unspecified atom stereocenters. The highest BCUT2D eigenvalue weighted by Crippen LogP contribution is 2.32. The third kappa shape index (κ3) is 3.16. The number of nitrogens with zero attached hydrogens (tertiary/aromatic N) is 5. The zero-order valence-corrected chi connectivity index (χ0v) is 15.3. The van der Waals surface area contributed by atoms with Gasteiger partial charge in [-0.05, 0) is 44.2 Å². The number of anilines is 1. The Labute approximate surface area is 152 Å². The summed E-state index contributed by atoms with van der Waals surface area (Å²) in [7, 11) is 0. The average Bonchev–Trinajstić information content (AvgIpc) is 3.28. The molecule has 26 heavy (non-hydrogen) atoms. The summed E-state index contributed by atoms with van der Waals surface area (Å²) in [5.41, 5.74) is 3.34. The molecule has 3 aromatic rings. The van der Waals surface area contributed by atoms with Gasteiger partial charge in [-0.15, -0.1) is 0 Å². The Morgan fingerprint density at radius 3 is 2.58 bits per heavy atom. The van der Waals surface area contributed by atoms with Crippen molar-refractivity contribution in [2.75, 3.05) is 5.32 Å². The van der Waals surface area contributed by atoms with Crippen LogP contribution in [0.15, 0.2) is 24.5 Å². The molecule has 7 nitrogen and oxygen atoms in total. The molecule has 0 radical (unpaired) electrons. The van der Waals surface area contributed by atoms with Gasteiger partial charge >= 0.3 is 0 Å². The van der Waals surface area contributed by atoms with E-state index in [1.807, 2.05) is 19.1 Å². The molecule has 0 aromatic carbocycles. The first kappa shape index (κ1) is 16.6. The monoisotopic (exact) mass is 349 g/mol. The van der Waals surface area contributed by atoms with Crippen LogP contribution in [-0.2, 0) is 12.8 Å². The maximum absolute atomic E-state index is 4.85. The molecule has 4 rings (SSSR count). The van der Waals surface area contributed by atoms with Crippen molar-refractivity contribution in [3.63, 3.8) is 0 Å². The predicted molar refractivity (Wildman–Crippen MR) is 99.6 cm³/mol. The molecule has 7 heteroatoms. The number of aryl methyl sites for hydroxylation is 2. The van der Waals surface area contributed by atoms with E-state index < -0.39 is 0 Å². The van der Waals surface area contributed by atoms with E-state index in [1.165, 1.54) is 5.56 Å². The van der Waals surface area contributed by atoms with E-state index in [1.54, 1.807) is 12.4 Å². The van der Waals surface area contributed by atoms with E-state index in [0.29, 0.717) is 5.92 Å². The number of H-pyrrole nitrogens is 1. The van der Waals surface area contributed by atoms with Gasteiger partial charge in [0.1, 0.15) is 11.6 Å². The highest BCUT2D eigenvalue weighted by Gasteiger charge is 2.25. The minimum atomic E-state index is -0.00941. The fourth-order valence-corrected chi connectivity index (χ4v) is 3.36. The lowest BCUT2D eigenvalue weighted by atomic mass is 10.0. The molecule has 134 valence electrons. The lowest BCUT2D eigenvalue weighted by Gasteiger charge is -2.22. The van der Waals surface area contributed by atoms with Gasteiger partial charge in [-0.25, -0.2) is 15.0 Å². The fraction of sp³-hybridized carbons (Fsp3) is 0.421. The van der Waals surface area contributed by atoms with Gasteiger partial charge in [0.25, 0.3) is 0 Å². The molecule has 3 aromatic heterocycles. The van der Waals surface area contributed by atoms with E-state index in [9.17, 15) is 0 Å². The smallest absolute Gasteiger partial charge is 0.173 e. The first-order valence-electron chi connectivity index (χ1n) is 9.07. The average molecular weight is 349 g/mol. The van der Waals surface area contributed by atoms with E-state index in [-0.39, 0.29) is 6.04 Å². The van der Waals surface area contributed by atoms with Crippen molar-refractivity contribution in [3.05, 3.63) is 47.4 Å². The van der Waals surface area contributed by atoms with Crippen LogP contribution in [0.2, 0.25) is 0 Å². The van der Waals surface area contributed by atoms with Gasteiger partial charge in [-0.3, -0.25) is 10.1 Å². The molecular formula is C19H23N7. The molecule has 3 heterocycles. The minimum absolute atomic E-state index is 0.00941. The number of aromatic amines is 1. The van der Waals surface area contributed by atoms with Crippen LogP contribution in [0.3, 0.4) is 0 Å². The molecule has 0 spiro atoms. The summed E-state index contributed by atoms with van der Waals surface area (Å²) in [5.74, 6) is 3.55. The Kier molecular flexibility index (Phi) is 4.36. The largest absolute Gasteiger partial charge is 0.359 e. The van der Waals surface area contributed by atoms with Gasteiger partial charge in [-0.2, -0.15) is 5.10 Å². The maximum Gasteiger partial charge on any atom is 0.173 e. The molecule has 0 bridgehead atoms. The first-order chi connectivity index (χ1) is 12.6. The van der Waals surface area contributed by atoms with Crippen molar-refractivity contribution in [2.24, 2.45) is 5.92 Å². The van der Waals surface area contributed by atoms with Gasteiger partial charge in [0.2, 0.25) is 0 Å². The molecule has 0 saturated carbocycles. The van der Waals surface area contributed by atoms with Crippen LogP contribution in [0.4, 0.5) is 5.82 Å². The Hall–Kier alpha value is -2.83. The van der Waals surface area contributed by atoms with Crippen molar-refractivity contribution in [3.8, 4) is 11.4 Å². The molecular weight excluding hydrogens is 326 g/mol. The Morgan fingerprint density at radius 2 is 1.88 bits per heavy atom. The number of nitrogens with one attached hydrogen (secondary N) is 2. The molecule has 0 amide bonds. The second kappa shape index (κ2) is 6.82. The van der Waals surface area contributed by atoms with Crippen molar-refractivity contribution in [1.82, 2.24) is 30.1 Å². The Bertz CT molecular complexity index is 902. The Balaban J connectivity index is 1.74. The zero-order valence-electron chi connectivity index (χ0n) is 15.3. The van der Waals surface area contributed by atoms with Crippen LogP contribution < -0.4 is 5.32 Å². The lowest BCUT2D eigenvalue weighted by molar-refractivity contribution is 0.521. The molecule has 0 aliphatic heterocycles. The summed E-state index contributed by atoms with van der Waals surface area (Å²) in [4.78, 5) is 18.3. The molecule has 0 saturated heterocycles. The van der Waals surface area contributed by atoms with Crippen molar-refractivity contribution >= 4 is 5.82 Å². The molecule has 1 aliphatic carbocycles.